The van der Waals surface area contributed by atoms with E-state index in [1.54, 1.807) is 24.3 Å². The molecule has 1 fully saturated rings. The van der Waals surface area contributed by atoms with Gasteiger partial charge in [-0.1, -0.05) is 30.7 Å². The molecule has 0 heterocycles. The first kappa shape index (κ1) is 15.7. The standard InChI is InChI=1S/C19H19F2NO/c20-16-6-2-14(3-7-16)10-13-22-18(23)19(11-1-12-19)15-4-8-17(21)9-5-15/h2-9H,1,10-13H2,(H,22,23). The van der Waals surface area contributed by atoms with Crippen molar-refractivity contribution in [2.24, 2.45) is 0 Å². The predicted molar refractivity (Wildman–Crippen MR) is 85.0 cm³/mol. The lowest BCUT2D eigenvalue weighted by Gasteiger charge is -2.40. The molecular formula is C19H19F2NO. The second-order valence-corrected chi connectivity index (χ2v) is 6.07. The predicted octanol–water partition coefficient (Wildman–Crippen LogP) is 3.75. The molecule has 4 heteroatoms. The second-order valence-electron chi connectivity index (χ2n) is 6.07. The Bertz CT molecular complexity index is 676. The molecular weight excluding hydrogens is 296 g/mol. The van der Waals surface area contributed by atoms with Crippen molar-refractivity contribution >= 4 is 5.91 Å². The van der Waals surface area contributed by atoms with Gasteiger partial charge >= 0.3 is 0 Å². The van der Waals surface area contributed by atoms with E-state index in [0.29, 0.717) is 13.0 Å². The van der Waals surface area contributed by atoms with Crippen LogP contribution in [0, 0.1) is 11.6 Å². The SMILES string of the molecule is O=C(NCCc1ccc(F)cc1)C1(c2ccc(F)cc2)CCC1. The van der Waals surface area contributed by atoms with Crippen LogP contribution in [0.1, 0.15) is 30.4 Å². The summed E-state index contributed by atoms with van der Waals surface area (Å²) in [5, 5.41) is 2.98. The third kappa shape index (κ3) is 3.26. The van der Waals surface area contributed by atoms with E-state index in [1.807, 2.05) is 0 Å². The first-order valence-electron chi connectivity index (χ1n) is 7.89. The zero-order valence-electron chi connectivity index (χ0n) is 12.8. The van der Waals surface area contributed by atoms with Gasteiger partial charge < -0.3 is 5.32 Å². The van der Waals surface area contributed by atoms with Gasteiger partial charge in [0, 0.05) is 6.54 Å². The topological polar surface area (TPSA) is 29.1 Å². The summed E-state index contributed by atoms with van der Waals surface area (Å²) in [6, 6.07) is 12.5. The van der Waals surface area contributed by atoms with Crippen molar-refractivity contribution in [2.75, 3.05) is 6.54 Å². The number of halogens is 2. The molecule has 2 nitrogen and oxygen atoms in total. The van der Waals surface area contributed by atoms with Crippen LogP contribution in [0.15, 0.2) is 48.5 Å². The van der Waals surface area contributed by atoms with Gasteiger partial charge in [-0.2, -0.15) is 0 Å². The highest BCUT2D eigenvalue weighted by molar-refractivity contribution is 5.89. The minimum absolute atomic E-state index is 0.00234. The van der Waals surface area contributed by atoms with Crippen LogP contribution < -0.4 is 5.32 Å². The molecule has 0 aromatic heterocycles. The molecule has 1 N–H and O–H groups in total. The molecule has 0 saturated heterocycles. The smallest absolute Gasteiger partial charge is 0.230 e. The van der Waals surface area contributed by atoms with Crippen LogP contribution in [0.4, 0.5) is 8.78 Å². The lowest BCUT2D eigenvalue weighted by Crippen LogP contribution is -2.49. The summed E-state index contributed by atoms with van der Waals surface area (Å²) in [4.78, 5) is 12.6. The van der Waals surface area contributed by atoms with Gasteiger partial charge in [0.25, 0.3) is 0 Å². The number of amides is 1. The first-order chi connectivity index (χ1) is 11.1. The fraction of sp³-hybridized carbons (Fsp3) is 0.316. The molecule has 2 aromatic rings. The third-order valence-electron chi connectivity index (χ3n) is 4.65. The van der Waals surface area contributed by atoms with Crippen molar-refractivity contribution in [2.45, 2.75) is 31.1 Å². The summed E-state index contributed by atoms with van der Waals surface area (Å²) < 4.78 is 26.0. The normalized spacial score (nSPS) is 15.7. The molecule has 0 radical (unpaired) electrons. The summed E-state index contributed by atoms with van der Waals surface area (Å²) in [7, 11) is 0. The number of nitrogens with one attached hydrogen (secondary N) is 1. The van der Waals surface area contributed by atoms with Gasteiger partial charge in [-0.25, -0.2) is 8.78 Å². The van der Waals surface area contributed by atoms with E-state index in [9.17, 15) is 13.6 Å². The largest absolute Gasteiger partial charge is 0.355 e. The van der Waals surface area contributed by atoms with Crippen LogP contribution in [0.3, 0.4) is 0 Å². The van der Waals surface area contributed by atoms with Crippen LogP contribution in [0.2, 0.25) is 0 Å². The Balaban J connectivity index is 1.62. The average molecular weight is 315 g/mol. The number of benzene rings is 2. The average Bonchev–Trinajstić information content (AvgIpc) is 2.50. The Hall–Kier alpha value is -2.23. The summed E-state index contributed by atoms with van der Waals surface area (Å²) in [5.41, 5.74) is 1.34. The first-order valence-corrected chi connectivity index (χ1v) is 7.89. The summed E-state index contributed by atoms with van der Waals surface area (Å²) in [6.07, 6.45) is 3.25. The van der Waals surface area contributed by atoms with E-state index >= 15 is 0 Å². The van der Waals surface area contributed by atoms with Crippen molar-refractivity contribution < 1.29 is 13.6 Å². The van der Waals surface area contributed by atoms with Gasteiger partial charge in [-0.05, 0) is 54.7 Å². The lowest BCUT2D eigenvalue weighted by atomic mass is 9.64. The highest BCUT2D eigenvalue weighted by Crippen LogP contribution is 2.43. The molecule has 3 rings (SSSR count). The molecule has 0 unspecified atom stereocenters. The number of hydrogen-bond acceptors (Lipinski definition) is 1. The van der Waals surface area contributed by atoms with Crippen LogP contribution in [0.25, 0.3) is 0 Å². The number of carbonyl (C=O) groups is 1. The van der Waals surface area contributed by atoms with Crippen LogP contribution in [-0.2, 0) is 16.6 Å². The Kier molecular flexibility index (Phi) is 4.42. The van der Waals surface area contributed by atoms with Gasteiger partial charge in [-0.15, -0.1) is 0 Å². The van der Waals surface area contributed by atoms with Crippen molar-refractivity contribution in [3.05, 3.63) is 71.3 Å². The van der Waals surface area contributed by atoms with E-state index in [2.05, 4.69) is 5.32 Å². The minimum atomic E-state index is -0.517. The molecule has 2 aromatic carbocycles. The molecule has 1 amide bonds. The summed E-state index contributed by atoms with van der Waals surface area (Å²) in [6.45, 7) is 0.507. The highest BCUT2D eigenvalue weighted by atomic mass is 19.1. The zero-order chi connectivity index (χ0) is 16.3. The van der Waals surface area contributed by atoms with E-state index in [0.717, 1.165) is 30.4 Å². The number of hydrogen-bond donors (Lipinski definition) is 1. The van der Waals surface area contributed by atoms with Gasteiger partial charge in [-0.3, -0.25) is 4.79 Å². The molecule has 0 atom stereocenters. The lowest BCUT2D eigenvalue weighted by molar-refractivity contribution is -0.129. The number of rotatable bonds is 5. The highest BCUT2D eigenvalue weighted by Gasteiger charge is 2.45. The third-order valence-corrected chi connectivity index (χ3v) is 4.65. The summed E-state index contributed by atoms with van der Waals surface area (Å²) in [5.74, 6) is -0.556. The van der Waals surface area contributed by atoms with Crippen molar-refractivity contribution in [3.63, 3.8) is 0 Å². The Morgan fingerprint density at radius 3 is 2.04 bits per heavy atom. The minimum Gasteiger partial charge on any atom is -0.355 e. The molecule has 1 aliphatic rings. The maximum atomic E-state index is 13.1. The Morgan fingerprint density at radius 1 is 0.957 bits per heavy atom. The summed E-state index contributed by atoms with van der Waals surface area (Å²) >= 11 is 0. The van der Waals surface area contributed by atoms with Crippen molar-refractivity contribution in [1.29, 1.82) is 0 Å². The molecule has 0 aliphatic heterocycles. The molecule has 23 heavy (non-hydrogen) atoms. The van der Waals surface area contributed by atoms with E-state index < -0.39 is 5.41 Å². The number of carbonyl (C=O) groups excluding carboxylic acids is 1. The van der Waals surface area contributed by atoms with E-state index in [-0.39, 0.29) is 17.5 Å². The van der Waals surface area contributed by atoms with Crippen LogP contribution in [-0.4, -0.2) is 12.5 Å². The monoisotopic (exact) mass is 315 g/mol. The maximum Gasteiger partial charge on any atom is 0.230 e. The maximum absolute atomic E-state index is 13.1. The van der Waals surface area contributed by atoms with Crippen molar-refractivity contribution in [1.82, 2.24) is 5.32 Å². The van der Waals surface area contributed by atoms with Crippen molar-refractivity contribution in [3.8, 4) is 0 Å². The van der Waals surface area contributed by atoms with Gasteiger partial charge in [0.05, 0.1) is 5.41 Å². The van der Waals surface area contributed by atoms with Crippen LogP contribution >= 0.6 is 0 Å². The van der Waals surface area contributed by atoms with Gasteiger partial charge in [0.2, 0.25) is 5.91 Å². The quantitative estimate of drug-likeness (QED) is 0.894. The fourth-order valence-electron chi connectivity index (χ4n) is 3.09. The van der Waals surface area contributed by atoms with Crippen LogP contribution in [0.5, 0.6) is 0 Å². The van der Waals surface area contributed by atoms with Gasteiger partial charge in [0.1, 0.15) is 11.6 Å². The molecule has 0 bridgehead atoms. The van der Waals surface area contributed by atoms with E-state index in [1.165, 1.54) is 24.3 Å². The Labute approximate surface area is 134 Å². The molecule has 0 spiro atoms. The van der Waals surface area contributed by atoms with Gasteiger partial charge in [0.15, 0.2) is 0 Å². The second kappa shape index (κ2) is 6.49. The zero-order valence-corrected chi connectivity index (χ0v) is 12.8. The fourth-order valence-corrected chi connectivity index (χ4v) is 3.09. The Morgan fingerprint density at radius 2 is 1.52 bits per heavy atom. The van der Waals surface area contributed by atoms with E-state index in [4.69, 9.17) is 0 Å². The molecule has 1 saturated carbocycles. The molecule has 1 aliphatic carbocycles. The molecule has 120 valence electrons.